The number of aryl methyl sites for hydroxylation is 1. The highest BCUT2D eigenvalue weighted by Crippen LogP contribution is 2.38. The van der Waals surface area contributed by atoms with Gasteiger partial charge >= 0.3 is 7.82 Å². The number of benzene rings is 3. The van der Waals surface area contributed by atoms with E-state index in [1.165, 1.54) is 11.8 Å². The number of hydrogen-bond donors (Lipinski definition) is 4. The minimum atomic E-state index is -4.53. The second-order valence-corrected chi connectivity index (χ2v) is 10.1. The number of ether oxygens (including phenoxy) is 1. The zero-order valence-corrected chi connectivity index (χ0v) is 20.1. The second kappa shape index (κ2) is 11.9. The summed E-state index contributed by atoms with van der Waals surface area (Å²) in [6.07, 6.45) is 0.983. The molecule has 0 saturated carbocycles. The predicted octanol–water partition coefficient (Wildman–Crippen LogP) is 5.15. The largest absolute Gasteiger partial charge is 0.507 e. The fourth-order valence-corrected chi connectivity index (χ4v) is 4.59. The van der Waals surface area contributed by atoms with Gasteiger partial charge in [-0.2, -0.15) is 0 Å². The van der Waals surface area contributed by atoms with Crippen molar-refractivity contribution in [3.05, 3.63) is 82.9 Å². The molecule has 0 radical (unpaired) electrons. The van der Waals surface area contributed by atoms with Gasteiger partial charge in [0.2, 0.25) is 0 Å². The van der Waals surface area contributed by atoms with Gasteiger partial charge in [-0.1, -0.05) is 59.8 Å². The molecule has 0 spiro atoms. The number of rotatable bonds is 11. The van der Waals surface area contributed by atoms with Gasteiger partial charge in [0, 0.05) is 16.0 Å². The van der Waals surface area contributed by atoms with Crippen LogP contribution in [0, 0.1) is 0 Å². The number of aromatic hydroxyl groups is 1. The van der Waals surface area contributed by atoms with Crippen LogP contribution >= 0.6 is 31.2 Å². The van der Waals surface area contributed by atoms with Gasteiger partial charge in [-0.15, -0.1) is 0 Å². The fourth-order valence-electron chi connectivity index (χ4n) is 2.95. The standard InChI is InChI=1S/C23H25ClNO6PS/c24-21-13-20(10-7-17(21)6-8-18(25)15-31-32(27,28)29)33-23-12-19(9-11-22(23)26)30-14-16-4-2-1-3-5-16/h1-5,7,9-13,18,26H,6,8,14-15,25H2,(H2,27,28,29). The van der Waals surface area contributed by atoms with Crippen LogP contribution in [0.1, 0.15) is 17.5 Å². The Hall–Kier alpha value is -2.03. The van der Waals surface area contributed by atoms with Crippen molar-refractivity contribution in [2.75, 3.05) is 6.61 Å². The lowest BCUT2D eigenvalue weighted by Crippen LogP contribution is -2.26. The second-order valence-electron chi connectivity index (χ2n) is 7.34. The highest BCUT2D eigenvalue weighted by atomic mass is 35.5. The molecule has 3 aromatic rings. The lowest BCUT2D eigenvalue weighted by Gasteiger charge is -2.14. The smallest absolute Gasteiger partial charge is 0.469 e. The van der Waals surface area contributed by atoms with E-state index in [2.05, 4.69) is 4.52 Å². The van der Waals surface area contributed by atoms with Crippen LogP contribution in [0.5, 0.6) is 11.5 Å². The zero-order chi connectivity index (χ0) is 23.8. The zero-order valence-electron chi connectivity index (χ0n) is 17.6. The van der Waals surface area contributed by atoms with Crippen LogP contribution in [0.3, 0.4) is 0 Å². The van der Waals surface area contributed by atoms with Crippen molar-refractivity contribution in [2.24, 2.45) is 5.73 Å². The molecule has 0 heterocycles. The lowest BCUT2D eigenvalue weighted by atomic mass is 10.1. The van der Waals surface area contributed by atoms with Gasteiger partial charge in [0.05, 0.1) is 11.5 Å². The summed E-state index contributed by atoms with van der Waals surface area (Å²) in [5.74, 6) is 0.789. The van der Waals surface area contributed by atoms with E-state index in [9.17, 15) is 9.67 Å². The van der Waals surface area contributed by atoms with Crippen molar-refractivity contribution in [3.8, 4) is 11.5 Å². The molecule has 0 bridgehead atoms. The first-order valence-electron chi connectivity index (χ1n) is 10.1. The number of halogens is 1. The van der Waals surface area contributed by atoms with E-state index in [1.807, 2.05) is 42.5 Å². The summed E-state index contributed by atoms with van der Waals surface area (Å²) in [5.41, 5.74) is 7.76. The number of hydrogen-bond acceptors (Lipinski definition) is 6. The Bertz CT molecular complexity index is 1110. The van der Waals surface area contributed by atoms with Gasteiger partial charge < -0.3 is 25.4 Å². The van der Waals surface area contributed by atoms with E-state index in [-0.39, 0.29) is 12.4 Å². The van der Waals surface area contributed by atoms with Crippen LogP contribution < -0.4 is 10.5 Å². The molecule has 0 saturated heterocycles. The van der Waals surface area contributed by atoms with E-state index in [1.54, 1.807) is 24.3 Å². The maximum atomic E-state index is 10.8. The maximum Gasteiger partial charge on any atom is 0.469 e. The maximum absolute atomic E-state index is 10.8. The Morgan fingerprint density at radius 3 is 2.52 bits per heavy atom. The van der Waals surface area contributed by atoms with E-state index in [4.69, 9.17) is 31.9 Å². The minimum absolute atomic E-state index is 0.142. The Morgan fingerprint density at radius 2 is 1.82 bits per heavy atom. The number of nitrogens with two attached hydrogens (primary N) is 1. The topological polar surface area (TPSA) is 122 Å². The Labute approximate surface area is 201 Å². The first kappa shape index (κ1) is 25.6. The molecule has 3 rings (SSSR count). The molecule has 0 amide bonds. The number of phenolic OH excluding ortho intramolecular Hbond substituents is 1. The summed E-state index contributed by atoms with van der Waals surface area (Å²) < 4.78 is 21.0. The first-order valence-corrected chi connectivity index (χ1v) is 12.8. The van der Waals surface area contributed by atoms with Gasteiger partial charge in [-0.3, -0.25) is 4.52 Å². The normalized spacial score (nSPS) is 12.5. The van der Waals surface area contributed by atoms with Crippen molar-refractivity contribution < 1.29 is 28.7 Å². The summed E-state index contributed by atoms with van der Waals surface area (Å²) in [5, 5.41) is 10.8. The average molecular weight is 510 g/mol. The van der Waals surface area contributed by atoms with E-state index in [0.717, 1.165) is 16.0 Å². The van der Waals surface area contributed by atoms with Crippen molar-refractivity contribution in [2.45, 2.75) is 35.3 Å². The van der Waals surface area contributed by atoms with Gasteiger partial charge in [0.1, 0.15) is 18.1 Å². The van der Waals surface area contributed by atoms with E-state index >= 15 is 0 Å². The Kier molecular flexibility index (Phi) is 9.23. The van der Waals surface area contributed by atoms with E-state index < -0.39 is 13.9 Å². The highest BCUT2D eigenvalue weighted by Gasteiger charge is 2.16. The molecule has 0 aliphatic rings. The molecule has 33 heavy (non-hydrogen) atoms. The number of phosphoric acid groups is 1. The molecule has 7 nitrogen and oxygen atoms in total. The number of phenols is 1. The summed E-state index contributed by atoms with van der Waals surface area (Å²) in [6.45, 7) is 0.190. The molecular weight excluding hydrogens is 485 g/mol. The van der Waals surface area contributed by atoms with Crippen LogP contribution in [-0.2, 0) is 22.1 Å². The van der Waals surface area contributed by atoms with Crippen LogP contribution in [-0.4, -0.2) is 27.5 Å². The van der Waals surface area contributed by atoms with Crippen molar-refractivity contribution >= 4 is 31.2 Å². The van der Waals surface area contributed by atoms with Crippen LogP contribution in [0.2, 0.25) is 5.02 Å². The third-order valence-electron chi connectivity index (χ3n) is 4.67. The van der Waals surface area contributed by atoms with Crippen LogP contribution in [0.25, 0.3) is 0 Å². The first-order chi connectivity index (χ1) is 15.7. The molecule has 0 aromatic heterocycles. The van der Waals surface area contributed by atoms with Gasteiger partial charge in [-0.25, -0.2) is 4.57 Å². The number of phosphoric ester groups is 1. The fraction of sp³-hybridized carbons (Fsp3) is 0.217. The van der Waals surface area contributed by atoms with Crippen molar-refractivity contribution in [1.82, 2.24) is 0 Å². The minimum Gasteiger partial charge on any atom is -0.507 e. The molecule has 176 valence electrons. The summed E-state index contributed by atoms with van der Waals surface area (Å²) in [6, 6.07) is 20.0. The molecule has 10 heteroatoms. The van der Waals surface area contributed by atoms with Crippen molar-refractivity contribution in [1.29, 1.82) is 0 Å². The molecule has 5 N–H and O–H groups in total. The molecule has 0 aliphatic carbocycles. The molecule has 1 unspecified atom stereocenters. The summed E-state index contributed by atoms with van der Waals surface area (Å²) in [7, 11) is -4.53. The van der Waals surface area contributed by atoms with Gasteiger partial charge in [0.15, 0.2) is 0 Å². The molecular formula is C23H25ClNO6PS. The Morgan fingerprint density at radius 1 is 1.06 bits per heavy atom. The molecule has 3 aromatic carbocycles. The highest BCUT2D eigenvalue weighted by molar-refractivity contribution is 7.99. The molecule has 0 aliphatic heterocycles. The third kappa shape index (κ3) is 8.68. The van der Waals surface area contributed by atoms with E-state index in [0.29, 0.717) is 35.1 Å². The van der Waals surface area contributed by atoms with Gasteiger partial charge in [-0.05, 0) is 54.3 Å². The summed E-state index contributed by atoms with van der Waals surface area (Å²) >= 11 is 7.78. The van der Waals surface area contributed by atoms with Crippen molar-refractivity contribution in [3.63, 3.8) is 0 Å². The monoisotopic (exact) mass is 509 g/mol. The van der Waals surface area contributed by atoms with Crippen LogP contribution in [0.15, 0.2) is 76.5 Å². The lowest BCUT2D eigenvalue weighted by molar-refractivity contribution is 0.184. The summed E-state index contributed by atoms with van der Waals surface area (Å²) in [4.78, 5) is 19.0. The van der Waals surface area contributed by atoms with Crippen LogP contribution in [0.4, 0.5) is 0 Å². The molecule has 0 fully saturated rings. The van der Waals surface area contributed by atoms with Gasteiger partial charge in [0.25, 0.3) is 0 Å². The average Bonchev–Trinajstić information content (AvgIpc) is 2.78. The third-order valence-corrected chi connectivity index (χ3v) is 6.55. The molecule has 1 atom stereocenters. The Balaban J connectivity index is 1.59. The SMILES string of the molecule is NC(CCc1ccc(Sc2cc(OCc3ccccc3)ccc2O)cc1Cl)COP(=O)(O)O. The quantitative estimate of drug-likeness (QED) is 0.262. The predicted molar refractivity (Wildman–Crippen MR) is 129 cm³/mol.